The first-order valence-corrected chi connectivity index (χ1v) is 7.58. The maximum Gasteiger partial charge on any atom is 0.292 e. The van der Waals surface area contributed by atoms with E-state index in [4.69, 9.17) is 9.83 Å². The molecular formula is C16H10BrN3O4. The second-order valence-corrected chi connectivity index (χ2v) is 5.82. The van der Waals surface area contributed by atoms with Crippen LogP contribution in [0.2, 0.25) is 0 Å². The predicted molar refractivity (Wildman–Crippen MR) is 90.8 cm³/mol. The Bertz CT molecular complexity index is 1030. The number of rotatable bonds is 3. The molecule has 0 fully saturated rings. The van der Waals surface area contributed by atoms with Crippen molar-refractivity contribution in [2.45, 2.75) is 0 Å². The second-order valence-electron chi connectivity index (χ2n) is 4.90. The summed E-state index contributed by atoms with van der Waals surface area (Å²) in [6, 6.07) is 12.5. The van der Waals surface area contributed by atoms with Crippen molar-refractivity contribution < 1.29 is 14.1 Å². The third kappa shape index (κ3) is 3.04. The summed E-state index contributed by atoms with van der Waals surface area (Å²) < 4.78 is 6.13. The van der Waals surface area contributed by atoms with Gasteiger partial charge in [0.05, 0.1) is 4.92 Å². The molecule has 1 heterocycles. The Morgan fingerprint density at radius 1 is 1.21 bits per heavy atom. The van der Waals surface area contributed by atoms with Gasteiger partial charge in [0, 0.05) is 15.9 Å². The number of halogens is 1. The van der Waals surface area contributed by atoms with E-state index >= 15 is 0 Å². The molecule has 2 aromatic carbocycles. The molecular weight excluding hydrogens is 378 g/mol. The summed E-state index contributed by atoms with van der Waals surface area (Å²) >= 11 is 3.33. The zero-order chi connectivity index (χ0) is 17.3. The molecule has 3 aromatic rings. The number of nitro benzene ring substituents is 1. The molecule has 0 aliphatic carbocycles. The summed E-state index contributed by atoms with van der Waals surface area (Å²) in [6.07, 6.45) is 0. The molecule has 0 aliphatic heterocycles. The monoisotopic (exact) mass is 387 g/mol. The molecule has 120 valence electrons. The number of fused-ring (bicyclic) bond motifs is 1. The highest BCUT2D eigenvalue weighted by Crippen LogP contribution is 2.24. The molecule has 0 atom stereocenters. The van der Waals surface area contributed by atoms with Gasteiger partial charge in [-0.15, -0.1) is 0 Å². The Balaban J connectivity index is 2.02. The number of para-hydroxylation sites is 2. The van der Waals surface area contributed by atoms with Crippen LogP contribution >= 0.6 is 15.9 Å². The van der Waals surface area contributed by atoms with Crippen molar-refractivity contribution in [3.63, 3.8) is 0 Å². The lowest BCUT2D eigenvalue weighted by molar-refractivity contribution is -0.383. The van der Waals surface area contributed by atoms with Gasteiger partial charge >= 0.3 is 0 Å². The standard InChI is InChI=1S/C16H10BrN3O4/c17-10-5-6-14-9(7-10)8-11(15(18)24-14)16(21)19-12-3-1-2-4-13(12)20(22)23/h1-8,18H,(H,19,21). The highest BCUT2D eigenvalue weighted by molar-refractivity contribution is 9.10. The summed E-state index contributed by atoms with van der Waals surface area (Å²) in [6.45, 7) is 0. The molecule has 0 saturated heterocycles. The fourth-order valence-corrected chi connectivity index (χ4v) is 2.59. The lowest BCUT2D eigenvalue weighted by atomic mass is 10.1. The molecule has 1 amide bonds. The molecule has 0 spiro atoms. The number of carbonyl (C=O) groups is 1. The Labute approximate surface area is 143 Å². The zero-order valence-corrected chi connectivity index (χ0v) is 13.7. The maximum absolute atomic E-state index is 12.4. The Hall–Kier alpha value is -3.00. The molecule has 2 N–H and O–H groups in total. The Morgan fingerprint density at radius 2 is 1.96 bits per heavy atom. The molecule has 1 aromatic heterocycles. The van der Waals surface area contributed by atoms with Crippen LogP contribution in [0.1, 0.15) is 10.4 Å². The van der Waals surface area contributed by atoms with E-state index in [0.29, 0.717) is 11.0 Å². The smallest absolute Gasteiger partial charge is 0.292 e. The first-order valence-electron chi connectivity index (χ1n) is 6.78. The van der Waals surface area contributed by atoms with Crippen molar-refractivity contribution >= 4 is 44.2 Å². The van der Waals surface area contributed by atoms with Crippen LogP contribution in [0.3, 0.4) is 0 Å². The highest BCUT2D eigenvalue weighted by atomic mass is 79.9. The fourth-order valence-electron chi connectivity index (χ4n) is 2.21. The van der Waals surface area contributed by atoms with E-state index in [1.165, 1.54) is 24.3 Å². The first kappa shape index (κ1) is 15.9. The van der Waals surface area contributed by atoms with E-state index in [1.807, 2.05) is 0 Å². The van der Waals surface area contributed by atoms with Gasteiger partial charge in [-0.05, 0) is 30.3 Å². The quantitative estimate of drug-likeness (QED) is 0.525. The average molecular weight is 388 g/mol. The van der Waals surface area contributed by atoms with Gasteiger partial charge in [-0.1, -0.05) is 28.1 Å². The van der Waals surface area contributed by atoms with Gasteiger partial charge in [0.15, 0.2) is 0 Å². The SMILES string of the molecule is N=c1oc2ccc(Br)cc2cc1C(=O)Nc1ccccc1[N+](=O)[O-]. The molecule has 0 saturated carbocycles. The van der Waals surface area contributed by atoms with Crippen molar-refractivity contribution in [1.82, 2.24) is 0 Å². The van der Waals surface area contributed by atoms with Crippen LogP contribution in [-0.4, -0.2) is 10.8 Å². The van der Waals surface area contributed by atoms with Gasteiger partial charge in [0.1, 0.15) is 16.8 Å². The number of nitro groups is 1. The number of carbonyl (C=O) groups excluding carboxylic acids is 1. The number of nitrogens with one attached hydrogen (secondary N) is 2. The molecule has 0 aliphatic rings. The normalized spacial score (nSPS) is 10.5. The number of nitrogens with zero attached hydrogens (tertiary/aromatic N) is 1. The van der Waals surface area contributed by atoms with Crippen molar-refractivity contribution in [1.29, 1.82) is 5.41 Å². The predicted octanol–water partition coefficient (Wildman–Crippen LogP) is 3.84. The van der Waals surface area contributed by atoms with Crippen LogP contribution in [0.4, 0.5) is 11.4 Å². The van der Waals surface area contributed by atoms with Gasteiger partial charge < -0.3 is 9.73 Å². The highest BCUT2D eigenvalue weighted by Gasteiger charge is 2.18. The van der Waals surface area contributed by atoms with Gasteiger partial charge in [-0.3, -0.25) is 20.3 Å². The van der Waals surface area contributed by atoms with Gasteiger partial charge in [-0.25, -0.2) is 0 Å². The second kappa shape index (κ2) is 6.25. The minimum absolute atomic E-state index is 0.0150. The number of hydrogen-bond donors (Lipinski definition) is 2. The minimum atomic E-state index is -0.653. The number of benzene rings is 2. The minimum Gasteiger partial charge on any atom is -0.438 e. The van der Waals surface area contributed by atoms with Crippen molar-refractivity contribution in [3.05, 3.63) is 74.2 Å². The largest absolute Gasteiger partial charge is 0.438 e. The third-order valence-corrected chi connectivity index (χ3v) is 3.82. The fraction of sp³-hybridized carbons (Fsp3) is 0. The van der Waals surface area contributed by atoms with E-state index in [2.05, 4.69) is 21.2 Å². The number of amides is 1. The lowest BCUT2D eigenvalue weighted by Gasteiger charge is -2.07. The topological polar surface area (TPSA) is 109 Å². The Morgan fingerprint density at radius 3 is 2.71 bits per heavy atom. The van der Waals surface area contributed by atoms with E-state index in [9.17, 15) is 14.9 Å². The van der Waals surface area contributed by atoms with Gasteiger partial charge in [0.25, 0.3) is 11.6 Å². The molecule has 8 heteroatoms. The van der Waals surface area contributed by atoms with Crippen molar-refractivity contribution in [2.24, 2.45) is 0 Å². The van der Waals surface area contributed by atoms with Crippen LogP contribution in [0.15, 0.2) is 57.4 Å². The summed E-state index contributed by atoms with van der Waals surface area (Å²) in [5.41, 5.74) is -0.0378. The molecule has 0 unspecified atom stereocenters. The zero-order valence-electron chi connectivity index (χ0n) is 12.1. The van der Waals surface area contributed by atoms with Gasteiger partial charge in [0.2, 0.25) is 5.55 Å². The molecule has 0 bridgehead atoms. The number of hydrogen-bond acceptors (Lipinski definition) is 5. The summed E-state index contributed by atoms with van der Waals surface area (Å²) in [5.74, 6) is -0.653. The molecule has 3 rings (SSSR count). The summed E-state index contributed by atoms with van der Waals surface area (Å²) in [4.78, 5) is 22.8. The van der Waals surface area contributed by atoms with E-state index in [1.54, 1.807) is 24.3 Å². The van der Waals surface area contributed by atoms with Crippen LogP contribution in [0, 0.1) is 15.5 Å². The van der Waals surface area contributed by atoms with Crippen LogP contribution in [0.25, 0.3) is 11.0 Å². The molecule has 0 radical (unpaired) electrons. The van der Waals surface area contributed by atoms with E-state index < -0.39 is 10.8 Å². The van der Waals surface area contributed by atoms with Crippen molar-refractivity contribution in [2.75, 3.05) is 5.32 Å². The molecule has 7 nitrogen and oxygen atoms in total. The Kier molecular flexibility index (Phi) is 4.13. The van der Waals surface area contributed by atoms with Crippen LogP contribution in [0.5, 0.6) is 0 Å². The third-order valence-electron chi connectivity index (χ3n) is 3.32. The number of anilines is 1. The first-order chi connectivity index (χ1) is 11.5. The van der Waals surface area contributed by atoms with Crippen LogP contribution in [-0.2, 0) is 0 Å². The maximum atomic E-state index is 12.4. The summed E-state index contributed by atoms with van der Waals surface area (Å²) in [5, 5.41) is 22.0. The summed E-state index contributed by atoms with van der Waals surface area (Å²) in [7, 11) is 0. The van der Waals surface area contributed by atoms with Gasteiger partial charge in [-0.2, -0.15) is 0 Å². The average Bonchev–Trinajstić information content (AvgIpc) is 2.54. The lowest BCUT2D eigenvalue weighted by Crippen LogP contribution is -2.21. The molecule has 24 heavy (non-hydrogen) atoms. The van der Waals surface area contributed by atoms with Crippen LogP contribution < -0.4 is 10.9 Å². The van der Waals surface area contributed by atoms with E-state index in [0.717, 1.165) is 4.47 Å². The van der Waals surface area contributed by atoms with Crippen molar-refractivity contribution in [3.8, 4) is 0 Å². The van der Waals surface area contributed by atoms with E-state index in [-0.39, 0.29) is 22.5 Å².